The summed E-state index contributed by atoms with van der Waals surface area (Å²) in [5, 5.41) is 18.4. The van der Waals surface area contributed by atoms with Crippen molar-refractivity contribution in [3.8, 4) is 5.75 Å². The first-order valence-corrected chi connectivity index (χ1v) is 14.8. The minimum absolute atomic E-state index is 0.0273. The number of para-hydroxylation sites is 1. The van der Waals surface area contributed by atoms with Crippen LogP contribution >= 0.6 is 39.1 Å². The number of aliphatic hydroxyl groups is 1. The Kier molecular flexibility index (Phi) is 7.80. The minimum atomic E-state index is -1.96. The fourth-order valence-corrected chi connectivity index (χ4v) is 8.20. The molecular formula is C27H27BrCl2N2O8. The number of fused-ring (bicyclic) bond motifs is 4. The number of hydrogen-bond acceptors (Lipinski definition) is 7. The predicted octanol–water partition coefficient (Wildman–Crippen LogP) is 2.63. The Balaban J connectivity index is 1.63. The molecule has 2 heterocycles. The molecule has 3 fully saturated rings. The number of aliphatic carboxylic acids is 1. The Morgan fingerprint density at radius 3 is 2.48 bits per heavy atom. The molecule has 214 valence electrons. The number of imide groups is 2. The van der Waals surface area contributed by atoms with Gasteiger partial charge in [-0.3, -0.25) is 33.8 Å². The van der Waals surface area contributed by atoms with Crippen molar-refractivity contribution >= 4 is 68.7 Å². The Hall–Kier alpha value is -2.47. The molecule has 0 spiro atoms. The van der Waals surface area contributed by atoms with E-state index < -0.39 is 57.1 Å². The summed E-state index contributed by atoms with van der Waals surface area (Å²) in [7, 11) is 0. The van der Waals surface area contributed by atoms with E-state index in [1.807, 2.05) is 6.08 Å². The summed E-state index contributed by atoms with van der Waals surface area (Å²) in [5.74, 6) is -6.11. The molecule has 2 N–H and O–H groups in total. The highest BCUT2D eigenvalue weighted by Gasteiger charge is 2.76. The Labute approximate surface area is 248 Å². The zero-order valence-corrected chi connectivity index (χ0v) is 24.3. The van der Waals surface area contributed by atoms with Crippen LogP contribution in [0.15, 0.2) is 35.9 Å². The maximum atomic E-state index is 13.8. The number of carbonyl (C=O) groups is 5. The average Bonchev–Trinajstić information content (AvgIpc) is 3.25. The number of benzene rings is 1. The molecular weight excluding hydrogens is 631 g/mol. The number of aliphatic hydroxyl groups excluding tert-OH is 1. The van der Waals surface area contributed by atoms with Crippen molar-refractivity contribution in [2.75, 3.05) is 25.2 Å². The largest absolute Gasteiger partial charge is 0.491 e. The lowest BCUT2D eigenvalue weighted by Crippen LogP contribution is -2.60. The lowest BCUT2D eigenvalue weighted by Gasteiger charge is -2.51. The average molecular weight is 658 g/mol. The zero-order valence-electron chi connectivity index (χ0n) is 21.2. The van der Waals surface area contributed by atoms with Crippen LogP contribution in [-0.4, -0.2) is 84.6 Å². The molecule has 2 saturated heterocycles. The molecule has 6 atom stereocenters. The monoisotopic (exact) mass is 656 g/mol. The van der Waals surface area contributed by atoms with Crippen molar-refractivity contribution in [1.29, 1.82) is 0 Å². The van der Waals surface area contributed by atoms with Crippen molar-refractivity contribution < 1.29 is 38.9 Å². The number of carbonyl (C=O) groups excluding carboxylic acids is 4. The molecule has 2 aliphatic carbocycles. The van der Waals surface area contributed by atoms with E-state index in [0.717, 1.165) is 9.80 Å². The molecule has 0 bridgehead atoms. The first-order chi connectivity index (χ1) is 19.0. The number of carboxylic acids is 1. The first-order valence-electron chi connectivity index (χ1n) is 12.9. The Morgan fingerprint density at radius 1 is 1.07 bits per heavy atom. The minimum Gasteiger partial charge on any atom is -0.491 e. The molecule has 13 heteroatoms. The standard InChI is InChI=1S/C27H27BrCl2N2O8/c28-13-32-24(38)26(29)12-17-14(7-8-16-20(17)23(37)31(22(16)36)9-3-6-19(34)35)21(27(26,30)25(32)39)15-4-1-2-5-18(15)40-11-10-33/h1-2,4-5,7,16-17,20-21,33H,3,6,8-13H2,(H,34,35). The van der Waals surface area contributed by atoms with Crippen molar-refractivity contribution in [2.45, 2.75) is 41.3 Å². The lowest BCUT2D eigenvalue weighted by molar-refractivity contribution is -0.142. The number of amides is 4. The maximum absolute atomic E-state index is 13.8. The van der Waals surface area contributed by atoms with Crippen LogP contribution in [-0.2, 0) is 24.0 Å². The summed E-state index contributed by atoms with van der Waals surface area (Å²) in [6.45, 7) is -0.319. The number of rotatable bonds is 9. The van der Waals surface area contributed by atoms with Gasteiger partial charge in [0.05, 0.1) is 23.9 Å². The zero-order chi connectivity index (χ0) is 29.0. The molecule has 6 unspecified atom stereocenters. The molecule has 4 amide bonds. The molecule has 0 aromatic heterocycles. The van der Waals surface area contributed by atoms with Gasteiger partial charge >= 0.3 is 5.97 Å². The van der Waals surface area contributed by atoms with E-state index in [1.54, 1.807) is 24.3 Å². The van der Waals surface area contributed by atoms with E-state index >= 15 is 0 Å². The topological polar surface area (TPSA) is 142 Å². The van der Waals surface area contributed by atoms with Crippen molar-refractivity contribution in [1.82, 2.24) is 9.80 Å². The normalized spacial score (nSPS) is 33.0. The predicted molar refractivity (Wildman–Crippen MR) is 146 cm³/mol. The maximum Gasteiger partial charge on any atom is 0.303 e. The van der Waals surface area contributed by atoms with E-state index in [-0.39, 0.29) is 56.8 Å². The first kappa shape index (κ1) is 29.0. The number of hydrogen-bond donors (Lipinski definition) is 2. The third-order valence-corrected chi connectivity index (χ3v) is 10.4. The lowest BCUT2D eigenvalue weighted by atomic mass is 9.56. The van der Waals surface area contributed by atoms with Gasteiger partial charge < -0.3 is 14.9 Å². The van der Waals surface area contributed by atoms with Gasteiger partial charge in [-0.05, 0) is 31.2 Å². The second-order valence-electron chi connectivity index (χ2n) is 10.4. The fraction of sp³-hybridized carbons (Fsp3) is 0.519. The number of halogens is 3. The third kappa shape index (κ3) is 4.11. The van der Waals surface area contributed by atoms with Gasteiger partial charge in [-0.25, -0.2) is 0 Å². The SMILES string of the molecule is O=C(O)CCCN1C(=O)C2CC=C3C(CC4(Cl)C(=O)N(CBr)C(=O)C4(Cl)C3c3ccccc3OCCO)C2C1=O. The number of likely N-dealkylation sites (tertiary alicyclic amines) is 2. The molecule has 40 heavy (non-hydrogen) atoms. The van der Waals surface area contributed by atoms with Crippen molar-refractivity contribution in [3.05, 3.63) is 41.5 Å². The van der Waals surface area contributed by atoms with E-state index in [0.29, 0.717) is 16.9 Å². The molecule has 1 aromatic rings. The van der Waals surface area contributed by atoms with Gasteiger partial charge in [-0.2, -0.15) is 0 Å². The third-order valence-electron chi connectivity index (χ3n) is 8.46. The van der Waals surface area contributed by atoms with Crippen LogP contribution in [0.5, 0.6) is 5.75 Å². The molecule has 0 radical (unpaired) electrons. The fourth-order valence-electron chi connectivity index (χ4n) is 6.78. The van der Waals surface area contributed by atoms with E-state index in [4.69, 9.17) is 33.0 Å². The van der Waals surface area contributed by atoms with Crippen molar-refractivity contribution in [3.63, 3.8) is 0 Å². The molecule has 10 nitrogen and oxygen atoms in total. The van der Waals surface area contributed by atoms with Gasteiger partial charge in [0.25, 0.3) is 11.8 Å². The number of carboxylic acid groups (broad SMARTS) is 1. The highest BCUT2D eigenvalue weighted by atomic mass is 79.9. The van der Waals surface area contributed by atoms with Gasteiger partial charge in [0.1, 0.15) is 12.4 Å². The number of alkyl halides is 3. The number of ether oxygens (including phenoxy) is 1. The van der Waals surface area contributed by atoms with Crippen LogP contribution in [0.4, 0.5) is 0 Å². The van der Waals surface area contributed by atoms with E-state index in [1.165, 1.54) is 0 Å². The quantitative estimate of drug-likeness (QED) is 0.179. The van der Waals surface area contributed by atoms with Crippen LogP contribution in [0.25, 0.3) is 0 Å². The molecule has 2 aliphatic heterocycles. The molecule has 5 rings (SSSR count). The highest BCUT2D eigenvalue weighted by molar-refractivity contribution is 9.09. The van der Waals surface area contributed by atoms with E-state index in [9.17, 15) is 29.1 Å². The summed E-state index contributed by atoms with van der Waals surface area (Å²) in [4.78, 5) is 63.7. The smallest absolute Gasteiger partial charge is 0.303 e. The van der Waals surface area contributed by atoms with Crippen LogP contribution < -0.4 is 4.74 Å². The second-order valence-corrected chi connectivity index (χ2v) is 12.2. The van der Waals surface area contributed by atoms with Crippen molar-refractivity contribution in [2.24, 2.45) is 17.8 Å². The summed E-state index contributed by atoms with van der Waals surface area (Å²) >= 11 is 17.6. The van der Waals surface area contributed by atoms with Gasteiger partial charge in [-0.15, -0.1) is 23.2 Å². The van der Waals surface area contributed by atoms with Gasteiger partial charge in [0.2, 0.25) is 11.8 Å². The van der Waals surface area contributed by atoms with Crippen LogP contribution in [0.2, 0.25) is 0 Å². The van der Waals surface area contributed by atoms with Gasteiger partial charge in [0, 0.05) is 24.4 Å². The molecule has 4 aliphatic rings. The van der Waals surface area contributed by atoms with Crippen LogP contribution in [0, 0.1) is 17.8 Å². The summed E-state index contributed by atoms with van der Waals surface area (Å²) in [6, 6.07) is 6.82. The van der Waals surface area contributed by atoms with Crippen LogP contribution in [0.3, 0.4) is 0 Å². The van der Waals surface area contributed by atoms with E-state index in [2.05, 4.69) is 15.9 Å². The van der Waals surface area contributed by atoms with Gasteiger partial charge in [0.15, 0.2) is 9.75 Å². The number of allylic oxidation sites excluding steroid dienone is 2. The number of nitrogens with zero attached hydrogens (tertiary/aromatic N) is 2. The second kappa shape index (κ2) is 10.7. The van der Waals surface area contributed by atoms with Crippen LogP contribution in [0.1, 0.15) is 37.2 Å². The highest BCUT2D eigenvalue weighted by Crippen LogP contribution is 2.66. The van der Waals surface area contributed by atoms with Gasteiger partial charge in [-0.1, -0.05) is 45.8 Å². The summed E-state index contributed by atoms with van der Waals surface area (Å²) in [5.41, 5.74) is 0.963. The summed E-state index contributed by atoms with van der Waals surface area (Å²) in [6.07, 6.45) is 1.81. The molecule has 1 saturated carbocycles. The Morgan fingerprint density at radius 2 is 1.80 bits per heavy atom. The Bertz CT molecular complexity index is 1320. The summed E-state index contributed by atoms with van der Waals surface area (Å²) < 4.78 is 5.79. The molecule has 1 aromatic carbocycles.